The summed E-state index contributed by atoms with van der Waals surface area (Å²) in [5.74, 6) is 0.793. The van der Waals surface area contributed by atoms with Gasteiger partial charge in [0.1, 0.15) is 11.5 Å². The van der Waals surface area contributed by atoms with E-state index < -0.39 is 6.09 Å². The van der Waals surface area contributed by atoms with Gasteiger partial charge < -0.3 is 19.9 Å². The van der Waals surface area contributed by atoms with Gasteiger partial charge in [0.25, 0.3) is 0 Å². The molecule has 86 valence electrons. The maximum Gasteiger partial charge on any atom is 0.407 e. The van der Waals surface area contributed by atoms with E-state index in [1.165, 1.54) is 0 Å². The number of carbonyl (C=O) groups is 1. The molecule has 1 fully saturated rings. The Bertz CT molecular complexity index is 405. The molecule has 1 aliphatic heterocycles. The number of methoxy groups -OCH3 is 1. The molecule has 0 aromatic heterocycles. The second-order valence-electron chi connectivity index (χ2n) is 3.55. The van der Waals surface area contributed by atoms with Crippen LogP contribution in [0.2, 0.25) is 0 Å². The Kier molecular flexibility index (Phi) is 2.85. The molecule has 2 rings (SSSR count). The highest BCUT2D eigenvalue weighted by molar-refractivity contribution is 5.69. The highest BCUT2D eigenvalue weighted by Crippen LogP contribution is 2.31. The predicted molar refractivity (Wildman–Crippen MR) is 56.5 cm³/mol. The van der Waals surface area contributed by atoms with Gasteiger partial charge in [-0.15, -0.1) is 0 Å². The van der Waals surface area contributed by atoms with Crippen molar-refractivity contribution in [1.29, 1.82) is 0 Å². The van der Waals surface area contributed by atoms with E-state index in [2.05, 4.69) is 5.32 Å². The number of carbonyl (C=O) groups excluding carboxylic acids is 1. The molecular formula is C11H13NO4. The third-order valence-electron chi connectivity index (χ3n) is 2.54. The van der Waals surface area contributed by atoms with Crippen molar-refractivity contribution in [2.75, 3.05) is 13.7 Å². The summed E-state index contributed by atoms with van der Waals surface area (Å²) in [6, 6.07) is 4.71. The number of ether oxygens (including phenoxy) is 2. The topological polar surface area (TPSA) is 67.8 Å². The number of amides is 1. The third kappa shape index (κ3) is 2.03. The maximum absolute atomic E-state index is 11.1. The Morgan fingerprint density at radius 3 is 3.06 bits per heavy atom. The summed E-state index contributed by atoms with van der Waals surface area (Å²) < 4.78 is 9.84. The Labute approximate surface area is 93.0 Å². The first-order valence-electron chi connectivity index (χ1n) is 5.01. The van der Waals surface area contributed by atoms with Gasteiger partial charge in [-0.05, 0) is 18.2 Å². The Morgan fingerprint density at radius 2 is 2.38 bits per heavy atom. The SMILES string of the molecule is COc1ccc(O)c([C@@H]2CCOC(=O)N2)c1. The summed E-state index contributed by atoms with van der Waals surface area (Å²) in [6.45, 7) is 0.354. The zero-order valence-electron chi connectivity index (χ0n) is 8.90. The lowest BCUT2D eigenvalue weighted by molar-refractivity contribution is 0.115. The van der Waals surface area contributed by atoms with Crippen molar-refractivity contribution >= 4 is 6.09 Å². The molecule has 1 aromatic rings. The molecule has 0 bridgehead atoms. The standard InChI is InChI=1S/C11H13NO4/c1-15-7-2-3-10(13)8(6-7)9-4-5-16-11(14)12-9/h2-3,6,9,13H,4-5H2,1H3,(H,12,14)/t9-/m0/s1. The largest absolute Gasteiger partial charge is 0.508 e. The summed E-state index contributed by atoms with van der Waals surface area (Å²) in [5, 5.41) is 12.4. The summed E-state index contributed by atoms with van der Waals surface area (Å²) in [4.78, 5) is 11.1. The summed E-state index contributed by atoms with van der Waals surface area (Å²) in [7, 11) is 1.55. The summed E-state index contributed by atoms with van der Waals surface area (Å²) in [6.07, 6.45) is 0.172. The fourth-order valence-electron chi connectivity index (χ4n) is 1.70. The molecule has 1 aromatic carbocycles. The van der Waals surface area contributed by atoms with Crippen molar-refractivity contribution in [3.05, 3.63) is 23.8 Å². The molecule has 0 spiro atoms. The second kappa shape index (κ2) is 4.30. The van der Waals surface area contributed by atoms with Gasteiger partial charge >= 0.3 is 6.09 Å². The quantitative estimate of drug-likeness (QED) is 0.798. The average Bonchev–Trinajstić information content (AvgIpc) is 2.30. The van der Waals surface area contributed by atoms with Crippen LogP contribution in [0, 0.1) is 0 Å². The van der Waals surface area contributed by atoms with Crippen LogP contribution >= 0.6 is 0 Å². The third-order valence-corrected chi connectivity index (χ3v) is 2.54. The fourth-order valence-corrected chi connectivity index (χ4v) is 1.70. The van der Waals surface area contributed by atoms with Crippen LogP contribution in [0.4, 0.5) is 4.79 Å². The van der Waals surface area contributed by atoms with Crippen LogP contribution < -0.4 is 10.1 Å². The average molecular weight is 223 g/mol. The lowest BCUT2D eigenvalue weighted by Gasteiger charge is -2.24. The van der Waals surface area contributed by atoms with Gasteiger partial charge in [0, 0.05) is 12.0 Å². The predicted octanol–water partition coefficient (Wildman–Crippen LogP) is 1.57. The number of benzene rings is 1. The number of alkyl carbamates (subject to hydrolysis) is 1. The van der Waals surface area contributed by atoms with E-state index in [-0.39, 0.29) is 11.8 Å². The molecule has 1 amide bonds. The number of phenols is 1. The molecule has 0 aliphatic carbocycles. The highest BCUT2D eigenvalue weighted by Gasteiger charge is 2.23. The van der Waals surface area contributed by atoms with Crippen LogP contribution in [-0.4, -0.2) is 24.9 Å². The minimum atomic E-state index is -0.460. The van der Waals surface area contributed by atoms with Crippen molar-refractivity contribution in [3.8, 4) is 11.5 Å². The number of nitrogens with one attached hydrogen (secondary N) is 1. The van der Waals surface area contributed by atoms with Crippen LogP contribution in [0.1, 0.15) is 18.0 Å². The lowest BCUT2D eigenvalue weighted by atomic mass is 10.0. The van der Waals surface area contributed by atoms with E-state index in [0.29, 0.717) is 24.3 Å². The fraction of sp³-hybridized carbons (Fsp3) is 0.364. The van der Waals surface area contributed by atoms with Gasteiger partial charge in [0.15, 0.2) is 0 Å². The monoisotopic (exact) mass is 223 g/mol. The minimum absolute atomic E-state index is 0.146. The van der Waals surface area contributed by atoms with Gasteiger partial charge in [-0.1, -0.05) is 0 Å². The van der Waals surface area contributed by atoms with Crippen LogP contribution in [-0.2, 0) is 4.74 Å². The molecule has 2 N–H and O–H groups in total. The number of cyclic esters (lactones) is 1. The van der Waals surface area contributed by atoms with Crippen LogP contribution in [0.25, 0.3) is 0 Å². The highest BCUT2D eigenvalue weighted by atomic mass is 16.5. The van der Waals surface area contributed by atoms with Crippen molar-refractivity contribution in [2.24, 2.45) is 0 Å². The number of hydrogen-bond acceptors (Lipinski definition) is 4. The number of phenolic OH excluding ortho intramolecular Hbond substituents is 1. The molecule has 16 heavy (non-hydrogen) atoms. The van der Waals surface area contributed by atoms with Crippen molar-refractivity contribution in [3.63, 3.8) is 0 Å². The van der Waals surface area contributed by atoms with Gasteiger partial charge in [-0.2, -0.15) is 0 Å². The van der Waals surface area contributed by atoms with Crippen LogP contribution in [0.5, 0.6) is 11.5 Å². The van der Waals surface area contributed by atoms with Gasteiger partial charge in [0.05, 0.1) is 19.8 Å². The zero-order chi connectivity index (χ0) is 11.5. The second-order valence-corrected chi connectivity index (χ2v) is 3.55. The molecule has 0 saturated carbocycles. The first-order valence-corrected chi connectivity index (χ1v) is 5.01. The van der Waals surface area contributed by atoms with E-state index in [4.69, 9.17) is 9.47 Å². The molecule has 1 saturated heterocycles. The van der Waals surface area contributed by atoms with E-state index in [1.54, 1.807) is 25.3 Å². The van der Waals surface area contributed by atoms with Gasteiger partial charge in [-0.3, -0.25) is 0 Å². The first-order chi connectivity index (χ1) is 7.70. The van der Waals surface area contributed by atoms with E-state index in [9.17, 15) is 9.90 Å². The molecule has 5 nitrogen and oxygen atoms in total. The number of hydrogen-bond donors (Lipinski definition) is 2. The molecule has 0 radical (unpaired) electrons. The lowest BCUT2D eigenvalue weighted by Crippen LogP contribution is -2.35. The molecule has 1 heterocycles. The van der Waals surface area contributed by atoms with Gasteiger partial charge in [0.2, 0.25) is 0 Å². The molecule has 1 atom stereocenters. The maximum atomic E-state index is 11.1. The minimum Gasteiger partial charge on any atom is -0.508 e. The van der Waals surface area contributed by atoms with Crippen molar-refractivity contribution in [1.82, 2.24) is 5.32 Å². The Balaban J connectivity index is 2.27. The summed E-state index contributed by atoms with van der Waals surface area (Å²) in [5.41, 5.74) is 0.649. The van der Waals surface area contributed by atoms with Crippen LogP contribution in [0.15, 0.2) is 18.2 Å². The van der Waals surface area contributed by atoms with Gasteiger partial charge in [-0.25, -0.2) is 4.79 Å². The zero-order valence-corrected chi connectivity index (χ0v) is 8.90. The summed E-state index contributed by atoms with van der Waals surface area (Å²) >= 11 is 0. The normalized spacial score (nSPS) is 19.8. The number of rotatable bonds is 2. The first kappa shape index (κ1) is 10.6. The molecule has 5 heteroatoms. The number of aromatic hydroxyl groups is 1. The smallest absolute Gasteiger partial charge is 0.407 e. The van der Waals surface area contributed by atoms with Crippen molar-refractivity contribution < 1.29 is 19.4 Å². The Morgan fingerprint density at radius 1 is 1.56 bits per heavy atom. The van der Waals surface area contributed by atoms with E-state index in [1.807, 2.05) is 0 Å². The van der Waals surface area contributed by atoms with Crippen molar-refractivity contribution in [2.45, 2.75) is 12.5 Å². The Hall–Kier alpha value is -1.91. The van der Waals surface area contributed by atoms with E-state index >= 15 is 0 Å². The molecule has 1 aliphatic rings. The van der Waals surface area contributed by atoms with Crippen LogP contribution in [0.3, 0.4) is 0 Å². The molecular weight excluding hydrogens is 210 g/mol. The molecule has 0 unspecified atom stereocenters. The van der Waals surface area contributed by atoms with E-state index in [0.717, 1.165) is 0 Å².